The fourth-order valence-electron chi connectivity index (χ4n) is 1.96. The lowest BCUT2D eigenvalue weighted by atomic mass is 10.1. The number of carbonyl (C=O) groups is 2. The van der Waals surface area contributed by atoms with E-state index < -0.39 is 17.5 Å². The number of benzene rings is 2. The molecular formula is C16H13BrN2O5. The van der Waals surface area contributed by atoms with Gasteiger partial charge in [0.1, 0.15) is 0 Å². The zero-order chi connectivity index (χ0) is 17.7. The number of nitrogens with one attached hydrogen (secondary N) is 1. The van der Waals surface area contributed by atoms with E-state index in [2.05, 4.69) is 21.2 Å². The normalized spacial score (nSPS) is 10.1. The molecule has 0 heterocycles. The average Bonchev–Trinajstić information content (AvgIpc) is 2.59. The van der Waals surface area contributed by atoms with Gasteiger partial charge in [-0.05, 0) is 18.2 Å². The topological polar surface area (TPSA) is 98.5 Å². The molecule has 124 valence electrons. The standard InChI is InChI=1S/C16H13BrN2O5/c1-18-14-7-6-12(19(22)23)8-13(14)16(21)24-9-15(20)10-2-4-11(17)5-3-10/h2-8,18H,9H2,1H3. The third-order valence-corrected chi connectivity index (χ3v) is 3.73. The molecule has 0 radical (unpaired) electrons. The fraction of sp³-hybridized carbons (Fsp3) is 0.125. The van der Waals surface area contributed by atoms with Crippen molar-refractivity contribution in [2.45, 2.75) is 0 Å². The minimum atomic E-state index is -0.812. The largest absolute Gasteiger partial charge is 0.454 e. The highest BCUT2D eigenvalue weighted by Crippen LogP contribution is 2.22. The van der Waals surface area contributed by atoms with Crippen LogP contribution in [-0.4, -0.2) is 30.3 Å². The van der Waals surface area contributed by atoms with Gasteiger partial charge in [0.2, 0.25) is 0 Å². The van der Waals surface area contributed by atoms with E-state index in [0.29, 0.717) is 11.3 Å². The van der Waals surface area contributed by atoms with E-state index in [1.165, 1.54) is 12.1 Å². The second kappa shape index (κ2) is 7.69. The van der Waals surface area contributed by atoms with Crippen LogP contribution in [0.5, 0.6) is 0 Å². The maximum Gasteiger partial charge on any atom is 0.340 e. The molecule has 0 spiro atoms. The smallest absolute Gasteiger partial charge is 0.340 e. The maximum atomic E-state index is 12.1. The number of halogens is 1. The molecule has 2 aromatic carbocycles. The Morgan fingerprint density at radius 1 is 1.21 bits per heavy atom. The zero-order valence-corrected chi connectivity index (χ0v) is 14.2. The first kappa shape index (κ1) is 17.6. The molecule has 0 aliphatic rings. The Hall–Kier alpha value is -2.74. The number of anilines is 1. The van der Waals surface area contributed by atoms with Crippen LogP contribution in [0.2, 0.25) is 0 Å². The minimum Gasteiger partial charge on any atom is -0.454 e. The summed E-state index contributed by atoms with van der Waals surface area (Å²) in [5, 5.41) is 13.6. The number of ether oxygens (including phenoxy) is 1. The van der Waals surface area contributed by atoms with Gasteiger partial charge in [0, 0.05) is 34.9 Å². The Morgan fingerprint density at radius 2 is 1.88 bits per heavy atom. The van der Waals surface area contributed by atoms with Gasteiger partial charge in [-0.2, -0.15) is 0 Å². The number of nitro benzene ring substituents is 1. The molecule has 24 heavy (non-hydrogen) atoms. The van der Waals surface area contributed by atoms with E-state index in [1.807, 2.05) is 0 Å². The summed E-state index contributed by atoms with van der Waals surface area (Å²) in [5.74, 6) is -1.18. The molecule has 0 aliphatic carbocycles. The quantitative estimate of drug-likeness (QED) is 0.349. The van der Waals surface area contributed by atoms with Gasteiger partial charge in [-0.25, -0.2) is 4.79 Å². The van der Waals surface area contributed by atoms with Crippen LogP contribution in [-0.2, 0) is 4.74 Å². The summed E-state index contributed by atoms with van der Waals surface area (Å²) in [6.45, 7) is -0.452. The number of Topliss-reactive ketones (excluding diaryl/α,β-unsaturated/α-hetero) is 1. The molecule has 7 nitrogen and oxygen atoms in total. The summed E-state index contributed by atoms with van der Waals surface area (Å²) in [6, 6.07) is 10.4. The van der Waals surface area contributed by atoms with E-state index in [0.717, 1.165) is 10.5 Å². The molecule has 0 unspecified atom stereocenters. The van der Waals surface area contributed by atoms with Gasteiger partial charge >= 0.3 is 5.97 Å². The Bertz CT molecular complexity index is 790. The van der Waals surface area contributed by atoms with Gasteiger partial charge < -0.3 is 10.1 Å². The number of carbonyl (C=O) groups excluding carboxylic acids is 2. The molecule has 0 fully saturated rings. The number of non-ortho nitro benzene ring substituents is 1. The van der Waals surface area contributed by atoms with E-state index in [1.54, 1.807) is 31.3 Å². The van der Waals surface area contributed by atoms with Crippen molar-refractivity contribution >= 4 is 39.1 Å². The van der Waals surface area contributed by atoms with Crippen LogP contribution >= 0.6 is 15.9 Å². The number of esters is 1. The van der Waals surface area contributed by atoms with Crippen molar-refractivity contribution in [3.8, 4) is 0 Å². The van der Waals surface area contributed by atoms with Crippen LogP contribution in [0.25, 0.3) is 0 Å². The fourth-order valence-corrected chi connectivity index (χ4v) is 2.22. The summed E-state index contributed by atoms with van der Waals surface area (Å²) >= 11 is 3.26. The lowest BCUT2D eigenvalue weighted by molar-refractivity contribution is -0.384. The number of nitrogens with zero attached hydrogens (tertiary/aromatic N) is 1. The van der Waals surface area contributed by atoms with Crippen LogP contribution in [0.3, 0.4) is 0 Å². The number of ketones is 1. The molecule has 2 aromatic rings. The van der Waals surface area contributed by atoms with Crippen LogP contribution < -0.4 is 5.32 Å². The Morgan fingerprint density at radius 3 is 2.46 bits per heavy atom. The van der Waals surface area contributed by atoms with E-state index >= 15 is 0 Å². The maximum absolute atomic E-state index is 12.1. The summed E-state index contributed by atoms with van der Waals surface area (Å²) in [5.41, 5.74) is 0.538. The van der Waals surface area contributed by atoms with Crippen LogP contribution in [0.1, 0.15) is 20.7 Å². The van der Waals surface area contributed by atoms with Crippen molar-refractivity contribution in [3.05, 3.63) is 68.2 Å². The third kappa shape index (κ3) is 4.17. The molecule has 0 amide bonds. The predicted octanol–water partition coefficient (Wildman–Crippen LogP) is 3.44. The highest BCUT2D eigenvalue weighted by molar-refractivity contribution is 9.10. The van der Waals surface area contributed by atoms with Crippen LogP contribution in [0, 0.1) is 10.1 Å². The van der Waals surface area contributed by atoms with Crippen molar-refractivity contribution < 1.29 is 19.2 Å². The van der Waals surface area contributed by atoms with Crippen molar-refractivity contribution in [2.24, 2.45) is 0 Å². The molecule has 8 heteroatoms. The molecule has 0 aliphatic heterocycles. The third-order valence-electron chi connectivity index (χ3n) is 3.20. The van der Waals surface area contributed by atoms with Crippen molar-refractivity contribution in [3.63, 3.8) is 0 Å². The number of hydrogen-bond donors (Lipinski definition) is 1. The molecule has 0 saturated carbocycles. The number of nitro groups is 1. The van der Waals surface area contributed by atoms with Gasteiger partial charge in [0.15, 0.2) is 12.4 Å². The van der Waals surface area contributed by atoms with Crippen molar-refractivity contribution in [2.75, 3.05) is 19.0 Å². The first-order valence-electron chi connectivity index (χ1n) is 6.84. The molecule has 0 atom stereocenters. The molecular weight excluding hydrogens is 380 g/mol. The van der Waals surface area contributed by atoms with Crippen LogP contribution in [0.4, 0.5) is 11.4 Å². The Kier molecular flexibility index (Phi) is 5.64. The average molecular weight is 393 g/mol. The monoisotopic (exact) mass is 392 g/mol. The number of rotatable bonds is 6. The summed E-state index contributed by atoms with van der Waals surface area (Å²) in [4.78, 5) is 34.4. The second-order valence-electron chi connectivity index (χ2n) is 4.74. The summed E-state index contributed by atoms with van der Waals surface area (Å²) < 4.78 is 5.81. The predicted molar refractivity (Wildman–Crippen MR) is 91.4 cm³/mol. The summed E-state index contributed by atoms with van der Waals surface area (Å²) in [6.07, 6.45) is 0. The van der Waals surface area contributed by atoms with Gasteiger partial charge in [-0.3, -0.25) is 14.9 Å². The highest BCUT2D eigenvalue weighted by atomic mass is 79.9. The van der Waals surface area contributed by atoms with Gasteiger partial charge in [-0.1, -0.05) is 28.1 Å². The molecule has 1 N–H and O–H groups in total. The lowest BCUT2D eigenvalue weighted by Gasteiger charge is -2.09. The first-order chi connectivity index (χ1) is 11.4. The second-order valence-corrected chi connectivity index (χ2v) is 5.66. The highest BCUT2D eigenvalue weighted by Gasteiger charge is 2.18. The molecule has 0 bridgehead atoms. The van der Waals surface area contributed by atoms with Crippen molar-refractivity contribution in [1.82, 2.24) is 0 Å². The molecule has 0 aromatic heterocycles. The lowest BCUT2D eigenvalue weighted by Crippen LogP contribution is -2.15. The minimum absolute atomic E-state index is 0.00435. The van der Waals surface area contributed by atoms with E-state index in [9.17, 15) is 19.7 Å². The van der Waals surface area contributed by atoms with Gasteiger partial charge in [-0.15, -0.1) is 0 Å². The van der Waals surface area contributed by atoms with Gasteiger partial charge in [0.25, 0.3) is 5.69 Å². The molecule has 0 saturated heterocycles. The Labute approximate surface area is 145 Å². The van der Waals surface area contributed by atoms with Gasteiger partial charge in [0.05, 0.1) is 10.5 Å². The number of hydrogen-bond acceptors (Lipinski definition) is 6. The first-order valence-corrected chi connectivity index (χ1v) is 7.63. The SMILES string of the molecule is CNc1ccc([N+](=O)[O-])cc1C(=O)OCC(=O)c1ccc(Br)cc1. The zero-order valence-electron chi connectivity index (χ0n) is 12.6. The molecule has 2 rings (SSSR count). The Balaban J connectivity index is 2.11. The van der Waals surface area contributed by atoms with E-state index in [4.69, 9.17) is 4.74 Å². The summed E-state index contributed by atoms with van der Waals surface area (Å²) in [7, 11) is 1.57. The van der Waals surface area contributed by atoms with Crippen LogP contribution in [0.15, 0.2) is 46.9 Å². The van der Waals surface area contributed by atoms with E-state index in [-0.39, 0.29) is 17.0 Å². The van der Waals surface area contributed by atoms with Crippen molar-refractivity contribution in [1.29, 1.82) is 0 Å².